The number of aromatic nitrogens is 5. The van der Waals surface area contributed by atoms with E-state index in [1.54, 1.807) is 12.1 Å². The molecular weight excluding hydrogens is 249 g/mol. The zero-order chi connectivity index (χ0) is 13.2. The van der Waals surface area contributed by atoms with Crippen LogP contribution in [0.25, 0.3) is 5.78 Å². The molecule has 0 aliphatic carbocycles. The van der Waals surface area contributed by atoms with Gasteiger partial charge in [-0.3, -0.25) is 0 Å². The predicted octanol–water partition coefficient (Wildman–Crippen LogP) is 0.853. The van der Waals surface area contributed by atoms with Gasteiger partial charge in [0.05, 0.1) is 0 Å². The lowest BCUT2D eigenvalue weighted by Gasteiger charge is -2.07. The van der Waals surface area contributed by atoms with Gasteiger partial charge >= 0.3 is 0 Å². The Morgan fingerprint density at radius 3 is 2.79 bits per heavy atom. The molecule has 2 aromatic heterocycles. The van der Waals surface area contributed by atoms with Crippen molar-refractivity contribution in [2.75, 3.05) is 11.1 Å². The molecule has 96 valence electrons. The van der Waals surface area contributed by atoms with Crippen molar-refractivity contribution in [3.05, 3.63) is 42.0 Å². The lowest BCUT2D eigenvalue weighted by Crippen LogP contribution is -2.10. The van der Waals surface area contributed by atoms with Crippen LogP contribution in [0.2, 0.25) is 0 Å². The maximum absolute atomic E-state index is 12.8. The molecule has 3 aromatic rings. The number of nitrogens with two attached hydrogens (primary N) is 1. The van der Waals surface area contributed by atoms with Gasteiger partial charge in [-0.2, -0.15) is 24.6 Å². The second-order valence-corrected chi connectivity index (χ2v) is 3.86. The maximum atomic E-state index is 12.8. The highest BCUT2D eigenvalue weighted by atomic mass is 19.1. The minimum absolute atomic E-state index is 0.113. The van der Waals surface area contributed by atoms with E-state index in [4.69, 9.17) is 5.73 Å². The summed E-state index contributed by atoms with van der Waals surface area (Å²) in [5, 5.41) is 7.05. The Bertz CT molecular complexity index is 707. The molecule has 1 aromatic carbocycles. The largest absolute Gasteiger partial charge is 0.368 e. The number of hydrogen-bond acceptors (Lipinski definition) is 6. The predicted molar refractivity (Wildman–Crippen MR) is 66.7 cm³/mol. The van der Waals surface area contributed by atoms with Gasteiger partial charge in [-0.1, -0.05) is 12.1 Å². The summed E-state index contributed by atoms with van der Waals surface area (Å²) in [4.78, 5) is 11.9. The number of anilines is 2. The van der Waals surface area contributed by atoms with Gasteiger partial charge in [0, 0.05) is 6.54 Å². The number of nitrogens with one attached hydrogen (secondary N) is 1. The van der Waals surface area contributed by atoms with Gasteiger partial charge in [-0.25, -0.2) is 4.39 Å². The van der Waals surface area contributed by atoms with Crippen LogP contribution in [0.3, 0.4) is 0 Å². The number of halogens is 1. The van der Waals surface area contributed by atoms with Gasteiger partial charge in [0.25, 0.3) is 5.78 Å². The summed E-state index contributed by atoms with van der Waals surface area (Å²) in [5.74, 6) is 0.647. The highest BCUT2D eigenvalue weighted by Crippen LogP contribution is 2.09. The van der Waals surface area contributed by atoms with Crippen LogP contribution in [0.15, 0.2) is 30.6 Å². The molecule has 8 heteroatoms. The molecule has 0 spiro atoms. The van der Waals surface area contributed by atoms with Gasteiger partial charge in [0.15, 0.2) is 0 Å². The quantitative estimate of drug-likeness (QED) is 0.724. The summed E-state index contributed by atoms with van der Waals surface area (Å²) in [6, 6.07) is 6.17. The first-order chi connectivity index (χ1) is 9.22. The van der Waals surface area contributed by atoms with E-state index in [0.29, 0.717) is 18.3 Å². The molecule has 7 nitrogen and oxygen atoms in total. The Hall–Kier alpha value is -2.77. The summed E-state index contributed by atoms with van der Waals surface area (Å²) < 4.78 is 14.2. The second kappa shape index (κ2) is 4.48. The molecular formula is C11H10FN7. The monoisotopic (exact) mass is 259 g/mol. The minimum Gasteiger partial charge on any atom is -0.368 e. The van der Waals surface area contributed by atoms with Crippen LogP contribution in [0.5, 0.6) is 0 Å². The Morgan fingerprint density at radius 1 is 1.21 bits per heavy atom. The number of fused-ring (bicyclic) bond motifs is 1. The Kier molecular flexibility index (Phi) is 2.67. The van der Waals surface area contributed by atoms with Gasteiger partial charge in [0.2, 0.25) is 11.9 Å². The van der Waals surface area contributed by atoms with E-state index < -0.39 is 0 Å². The molecule has 0 fully saturated rings. The fourth-order valence-corrected chi connectivity index (χ4v) is 1.64. The number of nitrogen functional groups attached to an aromatic ring is 1. The van der Waals surface area contributed by atoms with Crippen molar-refractivity contribution in [2.24, 2.45) is 0 Å². The molecule has 0 amide bonds. The second-order valence-electron chi connectivity index (χ2n) is 3.86. The molecule has 3 rings (SSSR count). The van der Waals surface area contributed by atoms with E-state index in [9.17, 15) is 4.39 Å². The van der Waals surface area contributed by atoms with Crippen LogP contribution in [-0.4, -0.2) is 24.6 Å². The van der Waals surface area contributed by atoms with Gasteiger partial charge in [0.1, 0.15) is 12.1 Å². The van der Waals surface area contributed by atoms with Gasteiger partial charge in [-0.05, 0) is 17.7 Å². The van der Waals surface area contributed by atoms with Crippen molar-refractivity contribution in [2.45, 2.75) is 6.54 Å². The van der Waals surface area contributed by atoms with Crippen molar-refractivity contribution >= 4 is 17.7 Å². The Morgan fingerprint density at radius 2 is 2.00 bits per heavy atom. The van der Waals surface area contributed by atoms with Crippen LogP contribution in [0.1, 0.15) is 5.56 Å². The third-order valence-electron chi connectivity index (χ3n) is 2.53. The SMILES string of the molecule is Nc1nc(NCc2ccc(F)cc2)n2ncnc2n1. The molecule has 0 saturated heterocycles. The highest BCUT2D eigenvalue weighted by Gasteiger charge is 2.07. The first kappa shape index (κ1) is 11.3. The van der Waals surface area contributed by atoms with Crippen LogP contribution < -0.4 is 11.1 Å². The lowest BCUT2D eigenvalue weighted by atomic mass is 10.2. The first-order valence-electron chi connectivity index (χ1n) is 5.54. The van der Waals surface area contributed by atoms with E-state index in [1.165, 1.54) is 23.0 Å². The molecule has 0 aliphatic heterocycles. The molecule has 0 aliphatic rings. The summed E-state index contributed by atoms with van der Waals surface area (Å²) in [7, 11) is 0. The normalized spacial score (nSPS) is 10.8. The Labute approximate surface area is 107 Å². The van der Waals surface area contributed by atoms with Crippen LogP contribution in [-0.2, 0) is 6.54 Å². The van der Waals surface area contributed by atoms with Crippen molar-refractivity contribution in [1.29, 1.82) is 0 Å². The smallest absolute Gasteiger partial charge is 0.258 e. The number of benzene rings is 1. The third kappa shape index (κ3) is 2.28. The number of rotatable bonds is 3. The molecule has 0 bridgehead atoms. The minimum atomic E-state index is -0.270. The fourth-order valence-electron chi connectivity index (χ4n) is 1.64. The van der Waals surface area contributed by atoms with Crippen LogP contribution in [0, 0.1) is 5.82 Å². The van der Waals surface area contributed by atoms with E-state index in [-0.39, 0.29) is 11.8 Å². The van der Waals surface area contributed by atoms with Gasteiger partial charge < -0.3 is 11.1 Å². The lowest BCUT2D eigenvalue weighted by molar-refractivity contribution is 0.627. The summed E-state index contributed by atoms with van der Waals surface area (Å²) >= 11 is 0. The zero-order valence-electron chi connectivity index (χ0n) is 9.79. The van der Waals surface area contributed by atoms with E-state index >= 15 is 0 Å². The van der Waals surface area contributed by atoms with Crippen molar-refractivity contribution in [1.82, 2.24) is 24.6 Å². The molecule has 0 radical (unpaired) electrons. The van der Waals surface area contributed by atoms with E-state index in [2.05, 4.69) is 25.4 Å². The van der Waals surface area contributed by atoms with Crippen molar-refractivity contribution in [3.63, 3.8) is 0 Å². The number of hydrogen-bond donors (Lipinski definition) is 2. The summed E-state index contributed by atoms with van der Waals surface area (Å²) in [6.07, 6.45) is 1.37. The molecule has 0 unspecified atom stereocenters. The molecule has 0 atom stereocenters. The summed E-state index contributed by atoms with van der Waals surface area (Å²) in [5.41, 5.74) is 6.49. The topological polar surface area (TPSA) is 94.0 Å². The van der Waals surface area contributed by atoms with Gasteiger partial charge in [-0.15, -0.1) is 0 Å². The Balaban J connectivity index is 1.85. The summed E-state index contributed by atoms with van der Waals surface area (Å²) in [6.45, 7) is 0.464. The standard InChI is InChI=1S/C11H10FN7/c12-8-3-1-7(2-4-8)5-14-10-17-9(13)18-11-15-6-16-19(10)11/h1-4,6H,5H2,(H3,13,14,15,16,17,18). The van der Waals surface area contributed by atoms with Crippen LogP contribution in [0.4, 0.5) is 16.3 Å². The zero-order valence-corrected chi connectivity index (χ0v) is 9.79. The average Bonchev–Trinajstić information content (AvgIpc) is 2.85. The first-order valence-corrected chi connectivity index (χ1v) is 5.54. The average molecular weight is 259 g/mol. The molecule has 2 heterocycles. The van der Waals surface area contributed by atoms with E-state index in [0.717, 1.165) is 5.56 Å². The number of nitrogens with zero attached hydrogens (tertiary/aromatic N) is 5. The van der Waals surface area contributed by atoms with E-state index in [1.807, 2.05) is 0 Å². The fraction of sp³-hybridized carbons (Fsp3) is 0.0909. The van der Waals surface area contributed by atoms with Crippen LogP contribution >= 0.6 is 0 Å². The highest BCUT2D eigenvalue weighted by molar-refractivity contribution is 5.42. The molecule has 19 heavy (non-hydrogen) atoms. The molecule has 0 saturated carbocycles. The third-order valence-corrected chi connectivity index (χ3v) is 2.53. The maximum Gasteiger partial charge on any atom is 0.258 e. The molecule has 3 N–H and O–H groups in total. The van der Waals surface area contributed by atoms with Crippen molar-refractivity contribution < 1.29 is 4.39 Å². The van der Waals surface area contributed by atoms with Crippen molar-refractivity contribution in [3.8, 4) is 0 Å².